The molecule has 5 heteroatoms. The van der Waals surface area contributed by atoms with E-state index in [0.717, 1.165) is 0 Å². The maximum absolute atomic E-state index is 10.1. The number of hydrogen-bond donors (Lipinski definition) is 2. The van der Waals surface area contributed by atoms with Gasteiger partial charge in [0.1, 0.15) is 7.05 Å². The van der Waals surface area contributed by atoms with Crippen LogP contribution in [0.15, 0.2) is 6.33 Å². The Bertz CT molecular complexity index is 229. The first-order valence-electron chi connectivity index (χ1n) is 2.34. The van der Waals surface area contributed by atoms with Crippen molar-refractivity contribution in [3.63, 3.8) is 0 Å². The third-order valence-corrected chi connectivity index (χ3v) is 0.845. The zero-order valence-electron chi connectivity index (χ0n) is 4.83. The van der Waals surface area contributed by atoms with Crippen molar-refractivity contribution in [2.75, 3.05) is 0 Å². The summed E-state index contributed by atoms with van der Waals surface area (Å²) in [5, 5.41) is 10.8. The monoisotopic (exact) mass is 128 g/mol. The van der Waals surface area contributed by atoms with Crippen molar-refractivity contribution in [1.29, 1.82) is 0 Å². The molecule has 0 bridgehead atoms. The molecular weight excluding hydrogens is 122 g/mol. The molecule has 0 unspecified atom stereocenters. The lowest BCUT2D eigenvalue weighted by Gasteiger charge is -1.75. The van der Waals surface area contributed by atoms with Crippen molar-refractivity contribution in [3.8, 4) is 0 Å². The molecule has 2 N–H and O–H groups in total. The van der Waals surface area contributed by atoms with Crippen LogP contribution in [0.5, 0.6) is 0 Å². The van der Waals surface area contributed by atoms with Crippen LogP contribution in [0, 0.1) is 0 Å². The SMILES string of the molecule is C[n+]1cnc(C(=O)O)[nH]1. The molecule has 0 saturated carbocycles. The van der Waals surface area contributed by atoms with Gasteiger partial charge in [-0.15, -0.1) is 0 Å². The number of carboxylic acid groups (broad SMARTS) is 1. The fraction of sp³-hybridized carbons (Fsp3) is 0.250. The van der Waals surface area contributed by atoms with Gasteiger partial charge in [-0.2, -0.15) is 9.78 Å². The molecule has 1 heterocycles. The third-order valence-electron chi connectivity index (χ3n) is 0.845. The average Bonchev–Trinajstić information content (AvgIpc) is 2.14. The van der Waals surface area contributed by atoms with E-state index in [1.807, 2.05) is 0 Å². The van der Waals surface area contributed by atoms with E-state index in [-0.39, 0.29) is 5.82 Å². The van der Waals surface area contributed by atoms with Crippen LogP contribution in [-0.4, -0.2) is 21.2 Å². The zero-order valence-corrected chi connectivity index (χ0v) is 4.83. The number of nitrogens with zero attached hydrogens (tertiary/aromatic N) is 2. The van der Waals surface area contributed by atoms with Crippen LogP contribution in [0.1, 0.15) is 10.6 Å². The number of nitrogens with one attached hydrogen (secondary N) is 1. The zero-order chi connectivity index (χ0) is 6.85. The van der Waals surface area contributed by atoms with Gasteiger partial charge in [-0.3, -0.25) is 0 Å². The molecule has 9 heavy (non-hydrogen) atoms. The largest absolute Gasteiger partial charge is 0.474 e. The first-order chi connectivity index (χ1) is 4.20. The van der Waals surface area contributed by atoms with Gasteiger partial charge in [0.05, 0.1) is 0 Å². The summed E-state index contributed by atoms with van der Waals surface area (Å²) in [4.78, 5) is 13.6. The fourth-order valence-corrected chi connectivity index (χ4v) is 0.472. The standard InChI is InChI=1S/C4H5N3O2/c1-7-2-5-3(6-7)4(8)9/h2H,1H3,(H,8,9)/p+1. The number of rotatable bonds is 1. The summed E-state index contributed by atoms with van der Waals surface area (Å²) in [6.07, 6.45) is 1.39. The highest BCUT2D eigenvalue weighted by Crippen LogP contribution is 1.79. The first kappa shape index (κ1) is 5.74. The highest BCUT2D eigenvalue weighted by atomic mass is 16.4. The van der Waals surface area contributed by atoms with Crippen LogP contribution in [0.25, 0.3) is 0 Å². The maximum Gasteiger partial charge on any atom is 0.401 e. The normalized spacial score (nSPS) is 9.44. The number of carboxylic acids is 1. The van der Waals surface area contributed by atoms with E-state index < -0.39 is 5.97 Å². The Hall–Kier alpha value is -1.39. The predicted octanol–water partition coefficient (Wildman–Crippen LogP) is -1.07. The quantitative estimate of drug-likeness (QED) is 0.473. The minimum absolute atomic E-state index is 0.0440. The summed E-state index contributed by atoms with van der Waals surface area (Å²) >= 11 is 0. The number of carbonyl (C=O) groups is 1. The summed E-state index contributed by atoms with van der Waals surface area (Å²) in [5.74, 6) is -1.09. The van der Waals surface area contributed by atoms with Crippen LogP contribution in [-0.2, 0) is 7.05 Å². The van der Waals surface area contributed by atoms with Crippen molar-refractivity contribution in [2.45, 2.75) is 0 Å². The van der Waals surface area contributed by atoms with Gasteiger partial charge in [-0.1, -0.05) is 0 Å². The van der Waals surface area contributed by atoms with E-state index in [1.54, 1.807) is 7.05 Å². The van der Waals surface area contributed by atoms with E-state index in [4.69, 9.17) is 5.11 Å². The van der Waals surface area contributed by atoms with Crippen LogP contribution in [0.3, 0.4) is 0 Å². The highest BCUT2D eigenvalue weighted by molar-refractivity contribution is 5.82. The Morgan fingerprint density at radius 1 is 2.00 bits per heavy atom. The number of aromatic carboxylic acids is 1. The lowest BCUT2D eigenvalue weighted by atomic mass is 10.7. The molecule has 0 spiro atoms. The van der Waals surface area contributed by atoms with Crippen molar-refractivity contribution in [1.82, 2.24) is 10.1 Å². The summed E-state index contributed by atoms with van der Waals surface area (Å²) in [6.45, 7) is 0. The Kier molecular flexibility index (Phi) is 1.18. The summed E-state index contributed by atoms with van der Waals surface area (Å²) in [5.41, 5.74) is 0. The molecule has 0 atom stereocenters. The number of hydrogen-bond acceptors (Lipinski definition) is 2. The lowest BCUT2D eigenvalue weighted by molar-refractivity contribution is -0.728. The molecule has 0 aliphatic carbocycles. The van der Waals surface area contributed by atoms with Gasteiger partial charge in [-0.25, -0.2) is 4.79 Å². The minimum atomic E-state index is -1.05. The highest BCUT2D eigenvalue weighted by Gasteiger charge is 2.12. The van der Waals surface area contributed by atoms with Crippen molar-refractivity contribution in [3.05, 3.63) is 12.2 Å². The summed E-state index contributed by atoms with van der Waals surface area (Å²) in [7, 11) is 1.67. The molecule has 0 aromatic carbocycles. The van der Waals surface area contributed by atoms with E-state index in [9.17, 15) is 4.79 Å². The minimum Gasteiger partial charge on any atom is -0.474 e. The van der Waals surface area contributed by atoms with E-state index in [0.29, 0.717) is 0 Å². The van der Waals surface area contributed by atoms with Gasteiger partial charge < -0.3 is 5.11 Å². The number of aromatic amines is 1. The molecule has 0 radical (unpaired) electrons. The van der Waals surface area contributed by atoms with E-state index in [2.05, 4.69) is 10.1 Å². The van der Waals surface area contributed by atoms with Gasteiger partial charge in [-0.05, 0) is 4.98 Å². The van der Waals surface area contributed by atoms with Gasteiger partial charge in [0, 0.05) is 0 Å². The Morgan fingerprint density at radius 2 is 2.67 bits per heavy atom. The Labute approximate surface area is 50.9 Å². The van der Waals surface area contributed by atoms with E-state index >= 15 is 0 Å². The average molecular weight is 128 g/mol. The van der Waals surface area contributed by atoms with Gasteiger partial charge in [0.15, 0.2) is 0 Å². The second-order valence-corrected chi connectivity index (χ2v) is 1.62. The molecule has 1 rings (SSSR count). The fourth-order valence-electron chi connectivity index (χ4n) is 0.472. The van der Waals surface area contributed by atoms with Crippen molar-refractivity contribution in [2.24, 2.45) is 7.05 Å². The van der Waals surface area contributed by atoms with E-state index in [1.165, 1.54) is 11.0 Å². The lowest BCUT2D eigenvalue weighted by Crippen LogP contribution is -2.29. The van der Waals surface area contributed by atoms with Gasteiger partial charge in [0.25, 0.3) is 0 Å². The van der Waals surface area contributed by atoms with Crippen molar-refractivity contribution < 1.29 is 14.6 Å². The molecule has 5 nitrogen and oxygen atoms in total. The number of aryl methyl sites for hydroxylation is 1. The van der Waals surface area contributed by atoms with Crippen molar-refractivity contribution >= 4 is 5.97 Å². The van der Waals surface area contributed by atoms with Crippen LogP contribution < -0.4 is 4.68 Å². The summed E-state index contributed by atoms with van der Waals surface area (Å²) in [6, 6.07) is 0. The van der Waals surface area contributed by atoms with Crippen LogP contribution >= 0.6 is 0 Å². The number of H-pyrrole nitrogens is 1. The van der Waals surface area contributed by atoms with Gasteiger partial charge >= 0.3 is 18.1 Å². The topological polar surface area (TPSA) is 69.9 Å². The van der Waals surface area contributed by atoms with Crippen LogP contribution in [0.2, 0.25) is 0 Å². The molecule has 0 saturated heterocycles. The predicted molar refractivity (Wildman–Crippen MR) is 26.7 cm³/mol. The van der Waals surface area contributed by atoms with Gasteiger partial charge in [0.2, 0.25) is 0 Å². The third kappa shape index (κ3) is 1.04. The molecule has 48 valence electrons. The molecule has 0 aliphatic rings. The molecule has 0 amide bonds. The molecular formula is C4H6N3O2+. The molecule has 0 aliphatic heterocycles. The molecule has 0 fully saturated rings. The van der Waals surface area contributed by atoms with Crippen LogP contribution in [0.4, 0.5) is 0 Å². The Balaban J connectivity index is 2.98. The second kappa shape index (κ2) is 1.85. The first-order valence-corrected chi connectivity index (χ1v) is 2.34. The summed E-state index contributed by atoms with van der Waals surface area (Å²) < 4.78 is 1.46. The molecule has 1 aromatic rings. The Morgan fingerprint density at radius 3 is 2.89 bits per heavy atom. The number of aromatic nitrogens is 3. The smallest absolute Gasteiger partial charge is 0.401 e. The second-order valence-electron chi connectivity index (χ2n) is 1.62. The maximum atomic E-state index is 10.1. The molecule has 1 aromatic heterocycles.